The Bertz CT molecular complexity index is 721. The minimum absolute atomic E-state index is 0.211. The molecular weight excluding hydrogens is 323 g/mol. The summed E-state index contributed by atoms with van der Waals surface area (Å²) in [6, 6.07) is 3.62. The number of anilines is 1. The van der Waals surface area contributed by atoms with Gasteiger partial charge in [0.25, 0.3) is 0 Å². The number of thiocarbonyl (C=S) groups is 1. The van der Waals surface area contributed by atoms with Crippen molar-refractivity contribution in [3.8, 4) is 0 Å². The van der Waals surface area contributed by atoms with Gasteiger partial charge in [-0.25, -0.2) is 0 Å². The number of aromatic nitrogens is 1. The van der Waals surface area contributed by atoms with Crippen molar-refractivity contribution in [2.45, 2.75) is 12.7 Å². The Morgan fingerprint density at radius 1 is 1.43 bits per heavy atom. The van der Waals surface area contributed by atoms with E-state index in [9.17, 15) is 18.0 Å². The lowest BCUT2D eigenvalue weighted by Gasteiger charge is -2.14. The van der Waals surface area contributed by atoms with E-state index in [1.807, 2.05) is 0 Å². The fourth-order valence-corrected chi connectivity index (χ4v) is 2.46. The molecule has 2 rings (SSSR count). The first-order valence-corrected chi connectivity index (χ1v) is 6.98. The molecule has 21 heavy (non-hydrogen) atoms. The molecule has 0 aliphatic rings. The minimum atomic E-state index is -4.55. The quantitative estimate of drug-likeness (QED) is 0.753. The molecule has 0 unspecified atom stereocenters. The Kier molecular flexibility index (Phi) is 4.33. The van der Waals surface area contributed by atoms with E-state index in [0.717, 1.165) is 17.4 Å². The van der Waals surface area contributed by atoms with Crippen LogP contribution in [0.3, 0.4) is 0 Å². The number of thiazole rings is 1. The van der Waals surface area contributed by atoms with Gasteiger partial charge in [0.15, 0.2) is 0 Å². The monoisotopic (exact) mass is 333 g/mol. The predicted molar refractivity (Wildman–Crippen MR) is 79.6 cm³/mol. The summed E-state index contributed by atoms with van der Waals surface area (Å²) < 4.78 is 38.9. The van der Waals surface area contributed by atoms with Gasteiger partial charge < -0.3 is 16.0 Å². The van der Waals surface area contributed by atoms with Crippen molar-refractivity contribution >= 4 is 34.2 Å². The van der Waals surface area contributed by atoms with Gasteiger partial charge in [-0.1, -0.05) is 23.6 Å². The lowest BCUT2D eigenvalue weighted by Crippen LogP contribution is -2.18. The zero-order chi connectivity index (χ0) is 15.6. The molecule has 4 N–H and O–H groups in total. The molecule has 0 saturated heterocycles. The summed E-state index contributed by atoms with van der Waals surface area (Å²) in [5.41, 5.74) is 5.05. The van der Waals surface area contributed by atoms with Crippen LogP contribution < -0.4 is 15.9 Å². The number of nitrogens with one attached hydrogen (secondary N) is 2. The Morgan fingerprint density at radius 3 is 2.67 bits per heavy atom. The standard InChI is InChI=1S/C12H10F3N3OS2/c13-12(14,15)9-3-6(1-2-8(9)10(16)20)17-4-7-5-21-11(19)18-7/h1-3,5,17H,4H2,(H2,16,20)(H,18,19). The zero-order valence-corrected chi connectivity index (χ0v) is 12.1. The molecule has 0 amide bonds. The highest BCUT2D eigenvalue weighted by molar-refractivity contribution is 7.80. The van der Waals surface area contributed by atoms with Gasteiger partial charge in [-0.15, -0.1) is 0 Å². The number of benzene rings is 1. The van der Waals surface area contributed by atoms with Crippen molar-refractivity contribution in [3.05, 3.63) is 50.1 Å². The van der Waals surface area contributed by atoms with Gasteiger partial charge in [0, 0.05) is 22.3 Å². The zero-order valence-electron chi connectivity index (χ0n) is 10.5. The van der Waals surface area contributed by atoms with E-state index >= 15 is 0 Å². The first-order valence-electron chi connectivity index (χ1n) is 5.69. The lowest BCUT2D eigenvalue weighted by atomic mass is 10.1. The highest BCUT2D eigenvalue weighted by Gasteiger charge is 2.34. The fourth-order valence-electron chi connectivity index (χ4n) is 1.70. The van der Waals surface area contributed by atoms with Crippen molar-refractivity contribution in [1.29, 1.82) is 0 Å². The largest absolute Gasteiger partial charge is 0.417 e. The van der Waals surface area contributed by atoms with Crippen LogP contribution in [0.5, 0.6) is 0 Å². The normalized spacial score (nSPS) is 11.4. The molecule has 4 nitrogen and oxygen atoms in total. The van der Waals surface area contributed by atoms with Gasteiger partial charge in [-0.2, -0.15) is 13.2 Å². The summed E-state index contributed by atoms with van der Waals surface area (Å²) in [7, 11) is 0. The Morgan fingerprint density at radius 2 is 2.14 bits per heavy atom. The molecule has 1 heterocycles. The second kappa shape index (κ2) is 5.86. The smallest absolute Gasteiger partial charge is 0.389 e. The number of rotatable bonds is 4. The first kappa shape index (κ1) is 15.5. The van der Waals surface area contributed by atoms with Crippen LogP contribution in [0.2, 0.25) is 0 Å². The van der Waals surface area contributed by atoms with Crippen molar-refractivity contribution in [1.82, 2.24) is 4.98 Å². The van der Waals surface area contributed by atoms with Crippen molar-refractivity contribution in [3.63, 3.8) is 0 Å². The van der Waals surface area contributed by atoms with E-state index < -0.39 is 11.7 Å². The number of halogens is 3. The van der Waals surface area contributed by atoms with E-state index in [2.05, 4.69) is 22.5 Å². The highest BCUT2D eigenvalue weighted by atomic mass is 32.1. The molecule has 1 aromatic heterocycles. The topological polar surface area (TPSA) is 70.9 Å². The van der Waals surface area contributed by atoms with Crippen LogP contribution in [0.4, 0.5) is 18.9 Å². The van der Waals surface area contributed by atoms with E-state index in [-0.39, 0.29) is 27.7 Å². The third-order valence-electron chi connectivity index (χ3n) is 2.64. The van der Waals surface area contributed by atoms with Crippen molar-refractivity contribution in [2.24, 2.45) is 5.73 Å². The lowest BCUT2D eigenvalue weighted by molar-refractivity contribution is -0.137. The van der Waals surface area contributed by atoms with E-state index in [0.29, 0.717) is 5.69 Å². The molecule has 0 aliphatic heterocycles. The van der Waals surface area contributed by atoms with Crippen LogP contribution in [0.1, 0.15) is 16.8 Å². The van der Waals surface area contributed by atoms with E-state index in [1.165, 1.54) is 12.1 Å². The van der Waals surface area contributed by atoms with Crippen LogP contribution in [0.25, 0.3) is 0 Å². The molecule has 9 heteroatoms. The van der Waals surface area contributed by atoms with Crippen molar-refractivity contribution < 1.29 is 13.2 Å². The highest BCUT2D eigenvalue weighted by Crippen LogP contribution is 2.33. The number of alkyl halides is 3. The third kappa shape index (κ3) is 3.82. The van der Waals surface area contributed by atoms with Crippen LogP contribution in [0.15, 0.2) is 28.4 Å². The summed E-state index contributed by atoms with van der Waals surface area (Å²) in [5, 5.41) is 4.41. The third-order valence-corrected chi connectivity index (χ3v) is 3.58. The molecule has 0 radical (unpaired) electrons. The second-order valence-corrected chi connectivity index (χ2v) is 5.43. The molecule has 0 aliphatic carbocycles. The van der Waals surface area contributed by atoms with Crippen LogP contribution in [-0.2, 0) is 12.7 Å². The summed E-state index contributed by atoms with van der Waals surface area (Å²) in [6.45, 7) is 0.211. The van der Waals surface area contributed by atoms with Crippen molar-refractivity contribution in [2.75, 3.05) is 5.32 Å². The molecular formula is C12H10F3N3OS2. The molecule has 2 aromatic rings. The predicted octanol–water partition coefficient (Wildman–Crippen LogP) is 2.70. The molecule has 0 atom stereocenters. The van der Waals surface area contributed by atoms with Crippen LogP contribution >= 0.6 is 23.6 Å². The van der Waals surface area contributed by atoms with Crippen LogP contribution in [-0.4, -0.2) is 9.97 Å². The van der Waals surface area contributed by atoms with Gasteiger partial charge in [0.2, 0.25) is 0 Å². The number of hydrogen-bond acceptors (Lipinski definition) is 4. The molecule has 0 fully saturated rings. The minimum Gasteiger partial charge on any atom is -0.389 e. The SMILES string of the molecule is NC(=S)c1ccc(NCc2csc(=O)[nH]2)cc1C(F)(F)F. The molecule has 0 saturated carbocycles. The molecule has 0 bridgehead atoms. The summed E-state index contributed by atoms with van der Waals surface area (Å²) in [4.78, 5) is 13.0. The Labute approximate surface area is 126 Å². The number of H-pyrrole nitrogens is 1. The summed E-state index contributed by atoms with van der Waals surface area (Å²) >= 11 is 5.61. The Balaban J connectivity index is 2.25. The van der Waals surface area contributed by atoms with Gasteiger partial charge in [-0.3, -0.25) is 4.79 Å². The number of aromatic amines is 1. The first-order chi connectivity index (χ1) is 9.77. The van der Waals surface area contributed by atoms with Crippen LogP contribution in [0, 0.1) is 0 Å². The maximum atomic E-state index is 13.0. The van der Waals surface area contributed by atoms with Gasteiger partial charge in [0.1, 0.15) is 4.99 Å². The summed E-state index contributed by atoms with van der Waals surface area (Å²) in [5.74, 6) is 0. The maximum absolute atomic E-state index is 13.0. The molecule has 0 spiro atoms. The molecule has 1 aromatic carbocycles. The van der Waals surface area contributed by atoms with Gasteiger partial charge in [0.05, 0.1) is 12.1 Å². The molecule has 112 valence electrons. The van der Waals surface area contributed by atoms with Gasteiger partial charge in [-0.05, 0) is 18.2 Å². The van der Waals surface area contributed by atoms with E-state index in [4.69, 9.17) is 5.73 Å². The number of nitrogens with two attached hydrogens (primary N) is 1. The summed E-state index contributed by atoms with van der Waals surface area (Å²) in [6.07, 6.45) is -4.55. The maximum Gasteiger partial charge on any atom is 0.417 e. The Hall–Kier alpha value is -1.87. The second-order valence-electron chi connectivity index (χ2n) is 4.15. The number of hydrogen-bond donors (Lipinski definition) is 3. The fraction of sp³-hybridized carbons (Fsp3) is 0.167. The average molecular weight is 333 g/mol. The van der Waals surface area contributed by atoms with Gasteiger partial charge >= 0.3 is 11.0 Å². The average Bonchev–Trinajstić information content (AvgIpc) is 2.81. The van der Waals surface area contributed by atoms with E-state index in [1.54, 1.807) is 5.38 Å².